The predicted molar refractivity (Wildman–Crippen MR) is 108 cm³/mol. The molecule has 0 aliphatic carbocycles. The van der Waals surface area contributed by atoms with Crippen LogP contribution in [0, 0.1) is 5.92 Å². The van der Waals surface area contributed by atoms with Gasteiger partial charge in [-0.3, -0.25) is 0 Å². The highest BCUT2D eigenvalue weighted by atomic mass is 16.6. The SMILES string of the molecule is COCc1ccccc1CNC(=O)N[C@@H](c1ccc2c(c1)OCCO2)C(C)C. The van der Waals surface area contributed by atoms with Crippen molar-refractivity contribution in [3.63, 3.8) is 0 Å². The lowest BCUT2D eigenvalue weighted by Crippen LogP contribution is -2.39. The van der Waals surface area contributed by atoms with Gasteiger partial charge in [0.1, 0.15) is 13.2 Å². The van der Waals surface area contributed by atoms with Crippen LogP contribution in [0.2, 0.25) is 0 Å². The second-order valence-electron chi connectivity index (χ2n) is 7.15. The van der Waals surface area contributed by atoms with Gasteiger partial charge in [0.2, 0.25) is 0 Å². The van der Waals surface area contributed by atoms with Crippen molar-refractivity contribution in [1.29, 1.82) is 0 Å². The third kappa shape index (κ3) is 4.95. The van der Waals surface area contributed by atoms with Gasteiger partial charge in [0, 0.05) is 13.7 Å². The average Bonchev–Trinajstić information content (AvgIpc) is 2.71. The maximum absolute atomic E-state index is 12.6. The normalized spacial score (nSPS) is 13.9. The van der Waals surface area contributed by atoms with Crippen LogP contribution in [0.15, 0.2) is 42.5 Å². The van der Waals surface area contributed by atoms with Gasteiger partial charge in [-0.1, -0.05) is 44.2 Å². The molecular formula is C22H28N2O4. The number of rotatable bonds is 7. The summed E-state index contributed by atoms with van der Waals surface area (Å²) < 4.78 is 16.5. The summed E-state index contributed by atoms with van der Waals surface area (Å²) in [5, 5.41) is 6.04. The molecule has 0 aromatic heterocycles. The number of urea groups is 1. The van der Waals surface area contributed by atoms with E-state index in [2.05, 4.69) is 24.5 Å². The van der Waals surface area contributed by atoms with Crippen LogP contribution in [-0.4, -0.2) is 26.4 Å². The van der Waals surface area contributed by atoms with E-state index in [0.29, 0.717) is 26.4 Å². The molecule has 0 radical (unpaired) electrons. The summed E-state index contributed by atoms with van der Waals surface area (Å²) in [5.74, 6) is 1.69. The Morgan fingerprint density at radius 2 is 1.79 bits per heavy atom. The first-order valence-corrected chi connectivity index (χ1v) is 9.58. The second kappa shape index (κ2) is 9.46. The van der Waals surface area contributed by atoms with Gasteiger partial charge in [0.05, 0.1) is 12.6 Å². The topological polar surface area (TPSA) is 68.8 Å². The van der Waals surface area contributed by atoms with E-state index in [1.165, 1.54) is 0 Å². The monoisotopic (exact) mass is 384 g/mol. The number of hydrogen-bond acceptors (Lipinski definition) is 4. The highest BCUT2D eigenvalue weighted by molar-refractivity contribution is 5.74. The summed E-state index contributed by atoms with van der Waals surface area (Å²) in [5.41, 5.74) is 3.10. The molecule has 0 unspecified atom stereocenters. The molecular weight excluding hydrogens is 356 g/mol. The van der Waals surface area contributed by atoms with Crippen LogP contribution in [0.3, 0.4) is 0 Å². The molecule has 1 heterocycles. The van der Waals surface area contributed by atoms with Gasteiger partial charge >= 0.3 is 6.03 Å². The van der Waals surface area contributed by atoms with Gasteiger partial charge in [-0.05, 0) is 34.7 Å². The number of benzene rings is 2. The predicted octanol–water partition coefficient (Wildman–Crippen LogP) is 3.80. The van der Waals surface area contributed by atoms with Gasteiger partial charge < -0.3 is 24.8 Å². The highest BCUT2D eigenvalue weighted by Gasteiger charge is 2.21. The number of fused-ring (bicyclic) bond motifs is 1. The Hall–Kier alpha value is -2.73. The van der Waals surface area contributed by atoms with Gasteiger partial charge in [0.15, 0.2) is 11.5 Å². The molecule has 0 fully saturated rings. The number of methoxy groups -OCH3 is 1. The lowest BCUT2D eigenvalue weighted by atomic mass is 9.95. The molecule has 1 aliphatic heterocycles. The maximum atomic E-state index is 12.6. The molecule has 6 nitrogen and oxygen atoms in total. The third-order valence-electron chi connectivity index (χ3n) is 4.74. The van der Waals surface area contributed by atoms with Crippen molar-refractivity contribution in [2.75, 3.05) is 20.3 Å². The van der Waals surface area contributed by atoms with Crippen LogP contribution in [0.5, 0.6) is 11.5 Å². The van der Waals surface area contributed by atoms with Crippen LogP contribution in [-0.2, 0) is 17.9 Å². The van der Waals surface area contributed by atoms with Crippen LogP contribution < -0.4 is 20.1 Å². The zero-order valence-electron chi connectivity index (χ0n) is 16.7. The number of carbonyl (C=O) groups excluding carboxylic acids is 1. The average molecular weight is 384 g/mol. The van der Waals surface area contributed by atoms with Crippen LogP contribution in [0.25, 0.3) is 0 Å². The fourth-order valence-electron chi connectivity index (χ4n) is 3.28. The van der Waals surface area contributed by atoms with Crippen LogP contribution in [0.4, 0.5) is 4.79 Å². The quantitative estimate of drug-likeness (QED) is 0.762. The Morgan fingerprint density at radius 3 is 2.50 bits per heavy atom. The number of carbonyl (C=O) groups is 1. The molecule has 2 amide bonds. The molecule has 2 N–H and O–H groups in total. The van der Waals surface area contributed by atoms with Crippen LogP contribution in [0.1, 0.15) is 36.6 Å². The van der Waals surface area contributed by atoms with Crippen molar-refractivity contribution in [3.8, 4) is 11.5 Å². The number of hydrogen-bond donors (Lipinski definition) is 2. The first-order chi connectivity index (χ1) is 13.6. The third-order valence-corrected chi connectivity index (χ3v) is 4.74. The second-order valence-corrected chi connectivity index (χ2v) is 7.15. The fourth-order valence-corrected chi connectivity index (χ4v) is 3.28. The van der Waals surface area contributed by atoms with Crippen molar-refractivity contribution in [3.05, 3.63) is 59.2 Å². The first-order valence-electron chi connectivity index (χ1n) is 9.58. The van der Waals surface area contributed by atoms with E-state index in [1.54, 1.807) is 7.11 Å². The van der Waals surface area contributed by atoms with Gasteiger partial charge in [-0.15, -0.1) is 0 Å². The van der Waals surface area contributed by atoms with Crippen molar-refractivity contribution in [2.24, 2.45) is 5.92 Å². The fraction of sp³-hybridized carbons (Fsp3) is 0.409. The molecule has 2 aromatic rings. The number of amides is 2. The summed E-state index contributed by atoms with van der Waals surface area (Å²) in [6.07, 6.45) is 0. The molecule has 2 aromatic carbocycles. The van der Waals surface area contributed by atoms with E-state index in [4.69, 9.17) is 14.2 Å². The smallest absolute Gasteiger partial charge is 0.315 e. The van der Waals surface area contributed by atoms with E-state index in [1.807, 2.05) is 42.5 Å². The van der Waals surface area contributed by atoms with Crippen LogP contribution >= 0.6 is 0 Å². The molecule has 1 atom stereocenters. The minimum Gasteiger partial charge on any atom is -0.486 e. The molecule has 0 saturated carbocycles. The largest absolute Gasteiger partial charge is 0.486 e. The van der Waals surface area contributed by atoms with Gasteiger partial charge in [-0.25, -0.2) is 4.79 Å². The Kier molecular flexibility index (Phi) is 6.76. The maximum Gasteiger partial charge on any atom is 0.315 e. The van der Waals surface area contributed by atoms with E-state index in [-0.39, 0.29) is 18.0 Å². The summed E-state index contributed by atoms with van der Waals surface area (Å²) in [6.45, 7) is 6.22. The van der Waals surface area contributed by atoms with Gasteiger partial charge in [-0.2, -0.15) is 0 Å². The molecule has 0 saturated heterocycles. The summed E-state index contributed by atoms with van der Waals surface area (Å²) in [6, 6.07) is 13.4. The molecule has 150 valence electrons. The Morgan fingerprint density at radius 1 is 1.07 bits per heavy atom. The molecule has 0 bridgehead atoms. The minimum absolute atomic E-state index is 0.134. The summed E-state index contributed by atoms with van der Waals surface area (Å²) in [7, 11) is 1.66. The summed E-state index contributed by atoms with van der Waals surface area (Å²) >= 11 is 0. The van der Waals surface area contributed by atoms with Gasteiger partial charge in [0.25, 0.3) is 0 Å². The van der Waals surface area contributed by atoms with Crippen molar-refractivity contribution in [1.82, 2.24) is 10.6 Å². The van der Waals surface area contributed by atoms with Crippen molar-refractivity contribution < 1.29 is 19.0 Å². The first kappa shape index (κ1) is 20.0. The summed E-state index contributed by atoms with van der Waals surface area (Å²) in [4.78, 5) is 12.6. The molecule has 6 heteroatoms. The Bertz CT molecular complexity index is 807. The molecule has 3 rings (SSSR count). The molecule has 1 aliphatic rings. The van der Waals surface area contributed by atoms with E-state index in [0.717, 1.165) is 28.2 Å². The van der Waals surface area contributed by atoms with E-state index >= 15 is 0 Å². The zero-order valence-corrected chi connectivity index (χ0v) is 16.7. The molecule has 28 heavy (non-hydrogen) atoms. The lowest BCUT2D eigenvalue weighted by molar-refractivity contribution is 0.171. The zero-order chi connectivity index (χ0) is 19.9. The highest BCUT2D eigenvalue weighted by Crippen LogP contribution is 2.34. The Labute approximate surface area is 166 Å². The van der Waals surface area contributed by atoms with Crippen molar-refractivity contribution >= 4 is 6.03 Å². The molecule has 0 spiro atoms. The van der Waals surface area contributed by atoms with E-state index in [9.17, 15) is 4.79 Å². The minimum atomic E-state index is -0.208. The lowest BCUT2D eigenvalue weighted by Gasteiger charge is -2.25. The number of ether oxygens (including phenoxy) is 3. The number of nitrogens with one attached hydrogen (secondary N) is 2. The van der Waals surface area contributed by atoms with E-state index < -0.39 is 0 Å². The standard InChI is InChI=1S/C22H28N2O4/c1-15(2)21(16-8-9-19-20(12-16)28-11-10-27-19)24-22(25)23-13-17-6-4-5-7-18(17)14-26-3/h4-9,12,15,21H,10-11,13-14H2,1-3H3,(H2,23,24,25)/t21-/m1/s1. The Balaban J connectivity index is 1.65. The van der Waals surface area contributed by atoms with Crippen molar-refractivity contribution in [2.45, 2.75) is 33.0 Å².